The zero-order valence-electron chi connectivity index (χ0n) is 7.17. The van der Waals surface area contributed by atoms with Crippen LogP contribution in [0, 0.1) is 0 Å². The van der Waals surface area contributed by atoms with Crippen LogP contribution in [0.25, 0.3) is 0 Å². The van der Waals surface area contributed by atoms with E-state index in [0.29, 0.717) is 17.0 Å². The van der Waals surface area contributed by atoms with Gasteiger partial charge in [-0.3, -0.25) is 0 Å². The van der Waals surface area contributed by atoms with E-state index >= 15 is 0 Å². The van der Waals surface area contributed by atoms with Crippen LogP contribution in [0.1, 0.15) is 18.0 Å². The lowest BCUT2D eigenvalue weighted by Gasteiger charge is -2.14. The fourth-order valence-electron chi connectivity index (χ4n) is 1.08. The Bertz CT molecular complexity index is 333. The number of nitrogens with two attached hydrogens (primary N) is 1. The van der Waals surface area contributed by atoms with Crippen molar-refractivity contribution in [1.29, 1.82) is 0 Å². The zero-order chi connectivity index (χ0) is 10.7. The Morgan fingerprint density at radius 1 is 1.43 bits per heavy atom. The largest absolute Gasteiger partial charge is 0.396 e. The van der Waals surface area contributed by atoms with Gasteiger partial charge >= 0.3 is 0 Å². The molecule has 78 valence electrons. The van der Waals surface area contributed by atoms with E-state index in [4.69, 9.17) is 45.6 Å². The first-order chi connectivity index (χ1) is 6.57. The molecule has 0 aliphatic heterocycles. The minimum atomic E-state index is -0.430. The Kier molecular flexibility index (Phi) is 4.41. The molecule has 0 aliphatic rings. The topological polar surface area (TPSA) is 59.1 Å². The third kappa shape index (κ3) is 2.49. The maximum absolute atomic E-state index is 8.73. The summed E-state index contributed by atoms with van der Waals surface area (Å²) in [5, 5.41) is 9.51. The van der Waals surface area contributed by atoms with Gasteiger partial charge in [-0.25, -0.2) is 4.98 Å². The predicted octanol–water partition coefficient (Wildman–Crippen LogP) is 2.42. The SMILES string of the molecule is N[C@@H](CCO)c1c(Cl)cnc(Cl)c1Cl. The fourth-order valence-corrected chi connectivity index (χ4v) is 1.85. The van der Waals surface area contributed by atoms with Crippen molar-refractivity contribution in [3.63, 3.8) is 0 Å². The predicted molar refractivity (Wildman–Crippen MR) is 57.9 cm³/mol. The van der Waals surface area contributed by atoms with Crippen LogP contribution in [0.4, 0.5) is 0 Å². The molecule has 3 nitrogen and oxygen atoms in total. The monoisotopic (exact) mass is 254 g/mol. The van der Waals surface area contributed by atoms with Crippen LogP contribution < -0.4 is 5.73 Å². The van der Waals surface area contributed by atoms with Crippen LogP contribution in [-0.4, -0.2) is 16.7 Å². The molecule has 3 N–H and O–H groups in total. The highest BCUT2D eigenvalue weighted by Crippen LogP contribution is 2.33. The van der Waals surface area contributed by atoms with Crippen molar-refractivity contribution in [2.75, 3.05) is 6.61 Å². The minimum absolute atomic E-state index is 0.0340. The molecule has 0 radical (unpaired) electrons. The van der Waals surface area contributed by atoms with Gasteiger partial charge < -0.3 is 10.8 Å². The van der Waals surface area contributed by atoms with E-state index in [-0.39, 0.29) is 16.8 Å². The van der Waals surface area contributed by atoms with Gasteiger partial charge in [-0.15, -0.1) is 0 Å². The summed E-state index contributed by atoms with van der Waals surface area (Å²) in [6.45, 7) is -0.0340. The number of aromatic nitrogens is 1. The molecule has 0 saturated heterocycles. The molecule has 0 aromatic carbocycles. The van der Waals surface area contributed by atoms with Crippen LogP contribution in [0.2, 0.25) is 15.2 Å². The summed E-state index contributed by atoms with van der Waals surface area (Å²) in [4.78, 5) is 3.76. The molecule has 0 fully saturated rings. The standard InChI is InChI=1S/C8H9Cl3N2O/c9-4-3-13-8(11)7(10)6(4)5(12)1-2-14/h3,5,14H,1-2,12H2/t5-/m0/s1. The van der Waals surface area contributed by atoms with Crippen molar-refractivity contribution in [1.82, 2.24) is 4.98 Å². The Labute approximate surface area is 96.8 Å². The number of aliphatic hydroxyl groups excluding tert-OH is 1. The van der Waals surface area contributed by atoms with Crippen LogP contribution >= 0.6 is 34.8 Å². The molecule has 0 aliphatic carbocycles. The molecule has 0 bridgehead atoms. The van der Waals surface area contributed by atoms with Crippen molar-refractivity contribution in [3.05, 3.63) is 27.0 Å². The van der Waals surface area contributed by atoms with E-state index in [1.54, 1.807) is 0 Å². The molecule has 6 heteroatoms. The van der Waals surface area contributed by atoms with Gasteiger partial charge in [-0.2, -0.15) is 0 Å². The number of pyridine rings is 1. The number of halogens is 3. The Morgan fingerprint density at radius 2 is 2.07 bits per heavy atom. The highest BCUT2D eigenvalue weighted by Gasteiger charge is 2.16. The summed E-state index contributed by atoms with van der Waals surface area (Å²) in [5.74, 6) is 0. The molecule has 14 heavy (non-hydrogen) atoms. The molecule has 1 aromatic rings. The van der Waals surface area contributed by atoms with E-state index in [1.165, 1.54) is 6.20 Å². The molecule has 0 saturated carbocycles. The molecular weight excluding hydrogens is 246 g/mol. The first-order valence-electron chi connectivity index (χ1n) is 3.93. The average Bonchev–Trinajstić information content (AvgIpc) is 2.13. The van der Waals surface area contributed by atoms with Crippen molar-refractivity contribution in [2.45, 2.75) is 12.5 Å². The van der Waals surface area contributed by atoms with Crippen molar-refractivity contribution in [3.8, 4) is 0 Å². The van der Waals surface area contributed by atoms with Gasteiger partial charge in [0.05, 0.1) is 10.0 Å². The van der Waals surface area contributed by atoms with Gasteiger partial charge in [0, 0.05) is 24.4 Å². The van der Waals surface area contributed by atoms with Crippen LogP contribution in [0.3, 0.4) is 0 Å². The van der Waals surface area contributed by atoms with Gasteiger partial charge in [-0.1, -0.05) is 34.8 Å². The lowest BCUT2D eigenvalue weighted by Crippen LogP contribution is -2.13. The Balaban J connectivity index is 3.11. The smallest absolute Gasteiger partial charge is 0.148 e. The van der Waals surface area contributed by atoms with Crippen molar-refractivity contribution < 1.29 is 5.11 Å². The van der Waals surface area contributed by atoms with Crippen molar-refractivity contribution >= 4 is 34.8 Å². The van der Waals surface area contributed by atoms with Gasteiger partial charge in [0.1, 0.15) is 5.15 Å². The second-order valence-corrected chi connectivity index (χ2v) is 3.89. The summed E-state index contributed by atoms with van der Waals surface area (Å²) in [5.41, 5.74) is 6.29. The van der Waals surface area contributed by atoms with Gasteiger partial charge in [0.15, 0.2) is 0 Å². The van der Waals surface area contributed by atoms with E-state index in [9.17, 15) is 0 Å². The first-order valence-corrected chi connectivity index (χ1v) is 5.07. The number of nitrogens with zero attached hydrogens (tertiary/aromatic N) is 1. The van der Waals surface area contributed by atoms with Gasteiger partial charge in [0.2, 0.25) is 0 Å². The number of hydrogen-bond acceptors (Lipinski definition) is 3. The van der Waals surface area contributed by atoms with E-state index in [2.05, 4.69) is 4.98 Å². The van der Waals surface area contributed by atoms with E-state index in [0.717, 1.165) is 0 Å². The third-order valence-corrected chi connectivity index (χ3v) is 2.84. The normalized spacial score (nSPS) is 12.9. The number of aliphatic hydroxyl groups is 1. The van der Waals surface area contributed by atoms with E-state index in [1.807, 2.05) is 0 Å². The molecular formula is C8H9Cl3N2O. The van der Waals surface area contributed by atoms with Gasteiger partial charge in [0.25, 0.3) is 0 Å². The lowest BCUT2D eigenvalue weighted by molar-refractivity contribution is 0.276. The third-order valence-electron chi connectivity index (χ3n) is 1.78. The Hall–Kier alpha value is -0.0600. The lowest BCUT2D eigenvalue weighted by atomic mass is 10.1. The second kappa shape index (κ2) is 5.14. The molecule has 1 aromatic heterocycles. The number of hydrogen-bond donors (Lipinski definition) is 2. The Morgan fingerprint density at radius 3 is 2.64 bits per heavy atom. The molecule has 1 atom stereocenters. The second-order valence-electron chi connectivity index (χ2n) is 2.74. The quantitative estimate of drug-likeness (QED) is 0.816. The summed E-state index contributed by atoms with van der Waals surface area (Å²) in [7, 11) is 0. The van der Waals surface area contributed by atoms with Crippen LogP contribution in [0.5, 0.6) is 0 Å². The molecule has 0 unspecified atom stereocenters. The fraction of sp³-hybridized carbons (Fsp3) is 0.375. The summed E-state index contributed by atoms with van der Waals surface area (Å²) >= 11 is 17.5. The first kappa shape index (κ1) is 12.0. The minimum Gasteiger partial charge on any atom is -0.396 e. The number of rotatable bonds is 3. The highest BCUT2D eigenvalue weighted by molar-refractivity contribution is 6.43. The molecule has 1 heterocycles. The average molecular weight is 256 g/mol. The van der Waals surface area contributed by atoms with Crippen LogP contribution in [-0.2, 0) is 0 Å². The summed E-state index contributed by atoms with van der Waals surface area (Å²) < 4.78 is 0. The molecule has 1 rings (SSSR count). The molecule has 0 amide bonds. The highest BCUT2D eigenvalue weighted by atomic mass is 35.5. The van der Waals surface area contributed by atoms with Crippen LogP contribution in [0.15, 0.2) is 6.20 Å². The summed E-state index contributed by atoms with van der Waals surface area (Å²) in [6, 6.07) is -0.430. The van der Waals surface area contributed by atoms with Gasteiger partial charge in [-0.05, 0) is 6.42 Å². The maximum Gasteiger partial charge on any atom is 0.148 e. The molecule has 0 spiro atoms. The van der Waals surface area contributed by atoms with Crippen molar-refractivity contribution in [2.24, 2.45) is 5.73 Å². The zero-order valence-corrected chi connectivity index (χ0v) is 9.44. The maximum atomic E-state index is 8.73. The van der Waals surface area contributed by atoms with E-state index < -0.39 is 6.04 Å². The summed E-state index contributed by atoms with van der Waals surface area (Å²) in [6.07, 6.45) is 1.77.